The molecule has 0 saturated heterocycles. The Morgan fingerprint density at radius 3 is 2.61 bits per heavy atom. The number of amides is 1. The van der Waals surface area contributed by atoms with Crippen molar-refractivity contribution >= 4 is 5.91 Å². The first-order valence-electron chi connectivity index (χ1n) is 8.27. The average Bonchev–Trinajstić information content (AvgIpc) is 2.60. The second kappa shape index (κ2) is 8.77. The van der Waals surface area contributed by atoms with E-state index in [1.165, 1.54) is 19.3 Å². The molecule has 1 atom stereocenters. The second-order valence-corrected chi connectivity index (χ2v) is 5.97. The van der Waals surface area contributed by atoms with Crippen molar-refractivity contribution in [2.45, 2.75) is 51.2 Å². The summed E-state index contributed by atoms with van der Waals surface area (Å²) in [5.41, 5.74) is 0.887. The quantitative estimate of drug-likeness (QED) is 0.838. The predicted molar refractivity (Wildman–Crippen MR) is 88.9 cm³/mol. The molecule has 0 aliphatic heterocycles. The molecule has 0 aromatic heterocycles. The van der Waals surface area contributed by atoms with Crippen LogP contribution in [-0.2, 0) is 9.53 Å². The monoisotopic (exact) mass is 321 g/mol. The summed E-state index contributed by atoms with van der Waals surface area (Å²) in [4.78, 5) is 12.1. The lowest BCUT2D eigenvalue weighted by Crippen LogP contribution is -2.32. The Hall–Kier alpha value is -1.75. The van der Waals surface area contributed by atoms with Gasteiger partial charge < -0.3 is 19.5 Å². The van der Waals surface area contributed by atoms with E-state index in [1.54, 1.807) is 14.2 Å². The summed E-state index contributed by atoms with van der Waals surface area (Å²) in [5.74, 6) is 1.36. The standard InChI is InChI=1S/C18H27NO4/c1-13(16-11-15(21-2)9-10-17(16)22-3)19-18(20)12-23-14-7-5-4-6-8-14/h9-11,13-14H,4-8,12H2,1-3H3,(H,19,20)/t13-/m0/s1. The molecular weight excluding hydrogens is 294 g/mol. The van der Waals surface area contributed by atoms with Gasteiger partial charge in [0, 0.05) is 5.56 Å². The Labute approximate surface area is 138 Å². The largest absolute Gasteiger partial charge is 0.497 e. The van der Waals surface area contributed by atoms with E-state index in [-0.39, 0.29) is 24.7 Å². The van der Waals surface area contributed by atoms with Crippen molar-refractivity contribution in [2.75, 3.05) is 20.8 Å². The van der Waals surface area contributed by atoms with E-state index >= 15 is 0 Å². The van der Waals surface area contributed by atoms with Crippen LogP contribution >= 0.6 is 0 Å². The molecule has 1 N–H and O–H groups in total. The van der Waals surface area contributed by atoms with E-state index in [9.17, 15) is 4.79 Å². The zero-order valence-corrected chi connectivity index (χ0v) is 14.3. The number of benzene rings is 1. The van der Waals surface area contributed by atoms with Gasteiger partial charge in [0.1, 0.15) is 18.1 Å². The maximum absolute atomic E-state index is 12.1. The van der Waals surface area contributed by atoms with Gasteiger partial charge in [-0.25, -0.2) is 0 Å². The molecule has 0 bridgehead atoms. The van der Waals surface area contributed by atoms with Gasteiger partial charge in [-0.2, -0.15) is 0 Å². The smallest absolute Gasteiger partial charge is 0.246 e. The number of rotatable bonds is 7. The number of carbonyl (C=O) groups excluding carboxylic acids is 1. The predicted octanol–water partition coefficient (Wildman–Crippen LogP) is 3.23. The molecule has 1 aliphatic carbocycles. The Balaban J connectivity index is 1.89. The molecule has 5 heteroatoms. The first kappa shape index (κ1) is 17.6. The van der Waals surface area contributed by atoms with Crippen molar-refractivity contribution in [2.24, 2.45) is 0 Å². The first-order chi connectivity index (χ1) is 11.1. The minimum Gasteiger partial charge on any atom is -0.497 e. The van der Waals surface area contributed by atoms with Crippen LogP contribution in [0.2, 0.25) is 0 Å². The summed E-state index contributed by atoms with van der Waals surface area (Å²) < 4.78 is 16.3. The Bertz CT molecular complexity index is 512. The summed E-state index contributed by atoms with van der Waals surface area (Å²) in [6.07, 6.45) is 6.03. The van der Waals surface area contributed by atoms with E-state index in [2.05, 4.69) is 5.32 Å². The van der Waals surface area contributed by atoms with E-state index in [0.717, 1.165) is 29.9 Å². The molecule has 1 aliphatic rings. The molecule has 0 spiro atoms. The SMILES string of the molecule is COc1ccc(OC)c([C@H](C)NC(=O)COC2CCCCC2)c1. The summed E-state index contributed by atoms with van der Waals surface area (Å²) in [7, 11) is 3.24. The zero-order chi connectivity index (χ0) is 16.7. The highest BCUT2D eigenvalue weighted by atomic mass is 16.5. The first-order valence-corrected chi connectivity index (χ1v) is 8.27. The lowest BCUT2D eigenvalue weighted by atomic mass is 9.98. The lowest BCUT2D eigenvalue weighted by Gasteiger charge is -2.23. The molecule has 2 rings (SSSR count). The maximum atomic E-state index is 12.1. The number of methoxy groups -OCH3 is 2. The molecule has 0 unspecified atom stereocenters. The van der Waals surface area contributed by atoms with Crippen LogP contribution in [0.15, 0.2) is 18.2 Å². The molecule has 128 valence electrons. The van der Waals surface area contributed by atoms with Gasteiger partial charge in [0.2, 0.25) is 5.91 Å². The molecule has 0 radical (unpaired) electrons. The number of nitrogens with one attached hydrogen (secondary N) is 1. The third-order valence-corrected chi connectivity index (χ3v) is 4.28. The number of ether oxygens (including phenoxy) is 3. The van der Waals surface area contributed by atoms with Crippen molar-refractivity contribution in [3.8, 4) is 11.5 Å². The van der Waals surface area contributed by atoms with Crippen molar-refractivity contribution in [3.05, 3.63) is 23.8 Å². The van der Waals surface area contributed by atoms with Crippen molar-refractivity contribution in [1.29, 1.82) is 0 Å². The average molecular weight is 321 g/mol. The van der Waals surface area contributed by atoms with Gasteiger partial charge in [0.15, 0.2) is 0 Å². The molecule has 0 heterocycles. The highest BCUT2D eigenvalue weighted by Crippen LogP contribution is 2.29. The molecule has 5 nitrogen and oxygen atoms in total. The van der Waals surface area contributed by atoms with Gasteiger partial charge in [0.25, 0.3) is 0 Å². The van der Waals surface area contributed by atoms with Crippen LogP contribution in [0, 0.1) is 0 Å². The van der Waals surface area contributed by atoms with Crippen molar-refractivity contribution in [1.82, 2.24) is 5.32 Å². The third kappa shape index (κ3) is 5.13. The van der Waals surface area contributed by atoms with Crippen molar-refractivity contribution < 1.29 is 19.0 Å². The molecule has 1 aromatic carbocycles. The molecular formula is C18H27NO4. The second-order valence-electron chi connectivity index (χ2n) is 5.97. The van der Waals surface area contributed by atoms with E-state index in [4.69, 9.17) is 14.2 Å². The third-order valence-electron chi connectivity index (χ3n) is 4.28. The van der Waals surface area contributed by atoms with Crippen LogP contribution in [0.3, 0.4) is 0 Å². The summed E-state index contributed by atoms with van der Waals surface area (Å²) in [6, 6.07) is 5.38. The Kier molecular flexibility index (Phi) is 6.71. The fourth-order valence-electron chi connectivity index (χ4n) is 2.96. The van der Waals surface area contributed by atoms with Crippen LogP contribution in [0.4, 0.5) is 0 Å². The summed E-state index contributed by atoms with van der Waals surface area (Å²) >= 11 is 0. The van der Waals surface area contributed by atoms with Crippen molar-refractivity contribution in [3.63, 3.8) is 0 Å². The van der Waals surface area contributed by atoms with Gasteiger partial charge in [0.05, 0.1) is 26.4 Å². The molecule has 1 aromatic rings. The van der Waals surface area contributed by atoms with Crippen LogP contribution in [-0.4, -0.2) is 32.8 Å². The Morgan fingerprint density at radius 1 is 1.22 bits per heavy atom. The Morgan fingerprint density at radius 2 is 1.96 bits per heavy atom. The summed E-state index contributed by atoms with van der Waals surface area (Å²) in [6.45, 7) is 2.04. The maximum Gasteiger partial charge on any atom is 0.246 e. The number of hydrogen-bond donors (Lipinski definition) is 1. The molecule has 1 saturated carbocycles. The molecule has 23 heavy (non-hydrogen) atoms. The van der Waals surface area contributed by atoms with Crippen LogP contribution in [0.5, 0.6) is 11.5 Å². The highest BCUT2D eigenvalue weighted by molar-refractivity contribution is 5.77. The minimum atomic E-state index is -0.178. The van der Waals surface area contributed by atoms with Crippen LogP contribution in [0.25, 0.3) is 0 Å². The van der Waals surface area contributed by atoms with Gasteiger partial charge in [-0.15, -0.1) is 0 Å². The van der Waals surface area contributed by atoms with Crippen LogP contribution < -0.4 is 14.8 Å². The van der Waals surface area contributed by atoms with E-state index < -0.39 is 0 Å². The normalized spacial score (nSPS) is 16.7. The van der Waals surface area contributed by atoms with Gasteiger partial charge in [-0.05, 0) is 38.0 Å². The fraction of sp³-hybridized carbons (Fsp3) is 0.611. The zero-order valence-electron chi connectivity index (χ0n) is 14.3. The van der Waals surface area contributed by atoms with Crippen LogP contribution in [0.1, 0.15) is 50.6 Å². The highest BCUT2D eigenvalue weighted by Gasteiger charge is 2.18. The van der Waals surface area contributed by atoms with Gasteiger partial charge in [-0.3, -0.25) is 4.79 Å². The number of carbonyl (C=O) groups is 1. The minimum absolute atomic E-state index is 0.104. The molecule has 1 fully saturated rings. The topological polar surface area (TPSA) is 56.8 Å². The lowest BCUT2D eigenvalue weighted by molar-refractivity contribution is -0.129. The van der Waals surface area contributed by atoms with Gasteiger partial charge in [-0.1, -0.05) is 19.3 Å². The van der Waals surface area contributed by atoms with Gasteiger partial charge >= 0.3 is 0 Å². The number of hydrogen-bond acceptors (Lipinski definition) is 4. The molecule has 1 amide bonds. The fourth-order valence-corrected chi connectivity index (χ4v) is 2.96. The summed E-state index contributed by atoms with van der Waals surface area (Å²) in [5, 5.41) is 2.96. The van der Waals surface area contributed by atoms with E-state index in [1.807, 2.05) is 25.1 Å². The van der Waals surface area contributed by atoms with E-state index in [0.29, 0.717) is 0 Å².